The molecular formula is C18H15N5O2S. The van der Waals surface area contributed by atoms with Crippen molar-refractivity contribution in [2.75, 3.05) is 12.4 Å². The van der Waals surface area contributed by atoms with Crippen LogP contribution in [-0.4, -0.2) is 32.8 Å². The first-order valence-electron chi connectivity index (χ1n) is 7.90. The Morgan fingerprint density at radius 3 is 2.69 bits per heavy atom. The van der Waals surface area contributed by atoms with Crippen molar-refractivity contribution in [1.82, 2.24) is 19.8 Å². The van der Waals surface area contributed by atoms with E-state index in [1.54, 1.807) is 29.8 Å². The molecule has 4 aromatic rings. The summed E-state index contributed by atoms with van der Waals surface area (Å²) in [5.41, 5.74) is 1.97. The molecule has 130 valence electrons. The van der Waals surface area contributed by atoms with Crippen molar-refractivity contribution in [2.45, 2.75) is 6.92 Å². The van der Waals surface area contributed by atoms with E-state index in [1.807, 2.05) is 37.3 Å². The number of carbonyl (C=O) groups excluding carboxylic acids is 1. The zero-order valence-corrected chi connectivity index (χ0v) is 14.9. The van der Waals surface area contributed by atoms with E-state index < -0.39 is 0 Å². The molecule has 0 saturated heterocycles. The maximum Gasteiger partial charge on any atom is 0.259 e. The third kappa shape index (κ3) is 2.80. The Balaban J connectivity index is 1.71. The van der Waals surface area contributed by atoms with Crippen LogP contribution in [0.4, 0.5) is 5.69 Å². The molecule has 0 radical (unpaired) electrons. The van der Waals surface area contributed by atoms with Crippen LogP contribution in [0.3, 0.4) is 0 Å². The van der Waals surface area contributed by atoms with E-state index in [0.29, 0.717) is 22.0 Å². The van der Waals surface area contributed by atoms with Crippen LogP contribution in [0.2, 0.25) is 0 Å². The molecular weight excluding hydrogens is 350 g/mol. The zero-order chi connectivity index (χ0) is 18.1. The lowest BCUT2D eigenvalue weighted by atomic mass is 10.1. The number of methoxy groups -OCH3 is 1. The van der Waals surface area contributed by atoms with Gasteiger partial charge < -0.3 is 10.1 Å². The van der Waals surface area contributed by atoms with Gasteiger partial charge in [-0.05, 0) is 31.2 Å². The van der Waals surface area contributed by atoms with Crippen molar-refractivity contribution in [3.05, 3.63) is 59.9 Å². The highest BCUT2D eigenvalue weighted by molar-refractivity contribution is 7.19. The molecule has 0 spiro atoms. The molecule has 2 aromatic carbocycles. The number of hydrogen-bond acceptors (Lipinski definition) is 6. The number of amides is 1. The Hall–Kier alpha value is -3.26. The monoisotopic (exact) mass is 365 g/mol. The molecule has 4 rings (SSSR count). The lowest BCUT2D eigenvalue weighted by Crippen LogP contribution is -2.13. The number of fused-ring (bicyclic) bond motifs is 1. The molecule has 26 heavy (non-hydrogen) atoms. The Kier molecular flexibility index (Phi) is 4.10. The molecule has 1 amide bonds. The molecule has 1 N–H and O–H groups in total. The van der Waals surface area contributed by atoms with E-state index in [2.05, 4.69) is 20.6 Å². The van der Waals surface area contributed by atoms with Crippen LogP contribution in [0, 0.1) is 6.92 Å². The Bertz CT molecular complexity index is 1100. The van der Waals surface area contributed by atoms with Gasteiger partial charge in [-0.2, -0.15) is 9.61 Å². The van der Waals surface area contributed by atoms with Crippen molar-refractivity contribution in [3.63, 3.8) is 0 Å². The van der Waals surface area contributed by atoms with Crippen molar-refractivity contribution in [3.8, 4) is 16.3 Å². The summed E-state index contributed by atoms with van der Waals surface area (Å²) in [6.07, 6.45) is 0. The van der Waals surface area contributed by atoms with Gasteiger partial charge in [-0.1, -0.05) is 35.6 Å². The van der Waals surface area contributed by atoms with Crippen LogP contribution in [0.25, 0.3) is 15.5 Å². The number of anilines is 1. The van der Waals surface area contributed by atoms with Crippen LogP contribution < -0.4 is 10.1 Å². The fourth-order valence-electron chi connectivity index (χ4n) is 2.62. The number of aromatic nitrogens is 4. The van der Waals surface area contributed by atoms with E-state index in [1.165, 1.54) is 11.3 Å². The number of para-hydroxylation sites is 2. The lowest BCUT2D eigenvalue weighted by molar-refractivity contribution is 0.102. The first kappa shape index (κ1) is 16.2. The highest BCUT2D eigenvalue weighted by atomic mass is 32.1. The number of carbonyl (C=O) groups is 1. The fraction of sp³-hybridized carbons (Fsp3) is 0.111. The van der Waals surface area contributed by atoms with Gasteiger partial charge in [-0.15, -0.1) is 10.2 Å². The second-order valence-corrected chi connectivity index (χ2v) is 6.50. The van der Waals surface area contributed by atoms with E-state index in [9.17, 15) is 4.79 Å². The molecule has 0 fully saturated rings. The number of benzene rings is 2. The second-order valence-electron chi connectivity index (χ2n) is 5.55. The van der Waals surface area contributed by atoms with Gasteiger partial charge >= 0.3 is 0 Å². The largest absolute Gasteiger partial charge is 0.496 e. The molecule has 0 saturated carbocycles. The Morgan fingerprint density at radius 1 is 1.12 bits per heavy atom. The van der Waals surface area contributed by atoms with Crippen LogP contribution in [-0.2, 0) is 0 Å². The molecule has 0 unspecified atom stereocenters. The summed E-state index contributed by atoms with van der Waals surface area (Å²) >= 11 is 1.42. The summed E-state index contributed by atoms with van der Waals surface area (Å²) < 4.78 is 6.97. The molecule has 8 heteroatoms. The number of ether oxygens (including phenoxy) is 1. The average molecular weight is 365 g/mol. The number of aryl methyl sites for hydroxylation is 1. The summed E-state index contributed by atoms with van der Waals surface area (Å²) in [4.78, 5) is 13.4. The van der Waals surface area contributed by atoms with Crippen molar-refractivity contribution < 1.29 is 9.53 Å². The van der Waals surface area contributed by atoms with Gasteiger partial charge in [0.1, 0.15) is 10.8 Å². The fourth-order valence-corrected chi connectivity index (χ4v) is 3.55. The zero-order valence-electron chi connectivity index (χ0n) is 14.1. The highest BCUT2D eigenvalue weighted by Crippen LogP contribution is 2.32. The minimum absolute atomic E-state index is 0.242. The van der Waals surface area contributed by atoms with Crippen molar-refractivity contribution in [1.29, 1.82) is 0 Å². The number of nitrogens with zero attached hydrogens (tertiary/aromatic N) is 4. The minimum Gasteiger partial charge on any atom is -0.496 e. The maximum absolute atomic E-state index is 12.7. The summed E-state index contributed by atoms with van der Waals surface area (Å²) in [5, 5.41) is 16.4. The normalized spacial score (nSPS) is 10.8. The number of hydrogen-bond donors (Lipinski definition) is 1. The molecule has 2 heterocycles. The number of nitrogens with one attached hydrogen (secondary N) is 1. The van der Waals surface area contributed by atoms with Crippen molar-refractivity contribution >= 4 is 27.9 Å². The van der Waals surface area contributed by atoms with Crippen LogP contribution >= 0.6 is 11.3 Å². The van der Waals surface area contributed by atoms with E-state index in [4.69, 9.17) is 4.74 Å². The summed E-state index contributed by atoms with van der Waals surface area (Å²) in [6, 6.07) is 14.6. The van der Waals surface area contributed by atoms with Gasteiger partial charge in [0, 0.05) is 5.56 Å². The van der Waals surface area contributed by atoms with Crippen LogP contribution in [0.1, 0.15) is 16.2 Å². The summed E-state index contributed by atoms with van der Waals surface area (Å²) in [6.45, 7) is 1.85. The summed E-state index contributed by atoms with van der Waals surface area (Å²) in [7, 11) is 1.54. The first-order chi connectivity index (χ1) is 12.7. The van der Waals surface area contributed by atoms with Crippen LogP contribution in [0.15, 0.2) is 48.5 Å². The number of rotatable bonds is 4. The highest BCUT2D eigenvalue weighted by Gasteiger charge is 2.17. The standard InChI is InChI=1S/C18H15N5O2S/c1-11-20-21-18-23(11)22-17(26-18)12-7-3-5-9-14(12)19-16(24)13-8-4-6-10-15(13)25-2/h3-10H,1-2H3,(H,19,24). The molecule has 0 aliphatic heterocycles. The second kappa shape index (κ2) is 6.57. The van der Waals surface area contributed by atoms with Gasteiger partial charge in [-0.25, -0.2) is 0 Å². The molecule has 0 aliphatic rings. The van der Waals surface area contributed by atoms with E-state index in [-0.39, 0.29) is 5.91 Å². The minimum atomic E-state index is -0.242. The van der Waals surface area contributed by atoms with Gasteiger partial charge in [0.25, 0.3) is 5.91 Å². The predicted octanol–water partition coefficient (Wildman–Crippen LogP) is 3.42. The molecule has 0 bridgehead atoms. The Morgan fingerprint density at radius 2 is 1.88 bits per heavy atom. The van der Waals surface area contributed by atoms with Gasteiger partial charge in [-0.3, -0.25) is 4.79 Å². The predicted molar refractivity (Wildman–Crippen MR) is 99.8 cm³/mol. The van der Waals surface area contributed by atoms with Crippen molar-refractivity contribution in [2.24, 2.45) is 0 Å². The SMILES string of the molecule is COc1ccccc1C(=O)Nc1ccccc1-c1nn2c(C)nnc2s1. The third-order valence-corrected chi connectivity index (χ3v) is 4.84. The van der Waals surface area contributed by atoms with Gasteiger partial charge in [0.05, 0.1) is 18.4 Å². The molecule has 7 nitrogen and oxygen atoms in total. The topological polar surface area (TPSA) is 81.4 Å². The third-order valence-electron chi connectivity index (χ3n) is 3.90. The molecule has 2 aromatic heterocycles. The Labute approximate surface area is 153 Å². The maximum atomic E-state index is 12.7. The van der Waals surface area contributed by atoms with E-state index in [0.717, 1.165) is 16.4 Å². The smallest absolute Gasteiger partial charge is 0.259 e. The quantitative estimate of drug-likeness (QED) is 0.599. The average Bonchev–Trinajstić information content (AvgIpc) is 3.24. The summed E-state index contributed by atoms with van der Waals surface area (Å²) in [5.74, 6) is 1.00. The first-order valence-corrected chi connectivity index (χ1v) is 8.71. The van der Waals surface area contributed by atoms with Crippen LogP contribution in [0.5, 0.6) is 5.75 Å². The van der Waals surface area contributed by atoms with Gasteiger partial charge in [0.2, 0.25) is 4.96 Å². The molecule has 0 aliphatic carbocycles. The van der Waals surface area contributed by atoms with Gasteiger partial charge in [0.15, 0.2) is 5.82 Å². The molecule has 0 atom stereocenters. The lowest BCUT2D eigenvalue weighted by Gasteiger charge is -2.11. The van der Waals surface area contributed by atoms with E-state index >= 15 is 0 Å².